The number of phenolic OH excluding ortho intramolecular Hbond substituents is 1. The third-order valence-corrected chi connectivity index (χ3v) is 1.44. The molecule has 0 bridgehead atoms. The molecule has 0 radical (unpaired) electrons. The molecule has 0 aliphatic carbocycles. The Labute approximate surface area is 65.1 Å². The minimum atomic E-state index is -0.593. The van der Waals surface area contributed by atoms with E-state index < -0.39 is 6.10 Å². The second-order valence-electron chi connectivity index (χ2n) is 2.53. The van der Waals surface area contributed by atoms with E-state index in [1.165, 1.54) is 12.1 Å². The second-order valence-corrected chi connectivity index (χ2v) is 2.53. The quantitative estimate of drug-likeness (QED) is 0.528. The van der Waals surface area contributed by atoms with E-state index in [1.54, 1.807) is 13.0 Å². The van der Waals surface area contributed by atoms with Crippen LogP contribution in [0.5, 0.6) is 5.75 Å². The van der Waals surface area contributed by atoms with Gasteiger partial charge in [0.1, 0.15) is 5.75 Å². The minimum Gasteiger partial charge on any atom is -0.508 e. The zero-order valence-corrected chi connectivity index (χ0v) is 6.28. The van der Waals surface area contributed by atoms with Crippen LogP contribution in [0.1, 0.15) is 18.6 Å². The van der Waals surface area contributed by atoms with Gasteiger partial charge in [-0.1, -0.05) is 0 Å². The summed E-state index contributed by atoms with van der Waals surface area (Å²) in [6.45, 7) is 1.62. The first-order valence-electron chi connectivity index (χ1n) is 3.37. The summed E-state index contributed by atoms with van der Waals surface area (Å²) in [6, 6.07) is 4.55. The molecule has 3 nitrogen and oxygen atoms in total. The van der Waals surface area contributed by atoms with Crippen LogP contribution < -0.4 is 5.73 Å². The highest BCUT2D eigenvalue weighted by Gasteiger charge is 2.02. The Kier molecular flexibility index (Phi) is 2.01. The number of benzene rings is 1. The predicted octanol–water partition coefficient (Wildman–Crippen LogP) is 1.03. The smallest absolute Gasteiger partial charge is 0.118 e. The van der Waals surface area contributed by atoms with Gasteiger partial charge in [0.2, 0.25) is 0 Å². The van der Waals surface area contributed by atoms with Crippen molar-refractivity contribution >= 4 is 5.69 Å². The molecule has 11 heavy (non-hydrogen) atoms. The third-order valence-electron chi connectivity index (χ3n) is 1.44. The molecule has 4 N–H and O–H groups in total. The van der Waals surface area contributed by atoms with Gasteiger partial charge in [0.05, 0.1) is 6.10 Å². The van der Waals surface area contributed by atoms with Crippen molar-refractivity contribution in [1.82, 2.24) is 0 Å². The van der Waals surface area contributed by atoms with E-state index >= 15 is 0 Å². The fourth-order valence-corrected chi connectivity index (χ4v) is 0.900. The second kappa shape index (κ2) is 2.80. The Morgan fingerprint density at radius 2 is 2.00 bits per heavy atom. The SMILES string of the molecule is CC(O)c1cc(N)cc(O)c1. The van der Waals surface area contributed by atoms with E-state index in [1.807, 2.05) is 0 Å². The number of aliphatic hydroxyl groups excluding tert-OH is 1. The van der Waals surface area contributed by atoms with E-state index in [0.29, 0.717) is 11.3 Å². The lowest BCUT2D eigenvalue weighted by Gasteiger charge is -2.05. The number of aromatic hydroxyl groups is 1. The maximum absolute atomic E-state index is 9.11. The molecular weight excluding hydrogens is 142 g/mol. The first-order chi connectivity index (χ1) is 5.09. The Morgan fingerprint density at radius 3 is 2.45 bits per heavy atom. The van der Waals surface area contributed by atoms with Crippen LogP contribution in [0, 0.1) is 0 Å². The average Bonchev–Trinajstić information content (AvgIpc) is 1.85. The van der Waals surface area contributed by atoms with E-state index in [9.17, 15) is 0 Å². The summed E-state index contributed by atoms with van der Waals surface area (Å²) in [7, 11) is 0. The summed E-state index contributed by atoms with van der Waals surface area (Å²) in [4.78, 5) is 0. The number of rotatable bonds is 1. The minimum absolute atomic E-state index is 0.0842. The molecule has 0 saturated carbocycles. The molecule has 0 aliphatic rings. The van der Waals surface area contributed by atoms with Crippen molar-refractivity contribution < 1.29 is 10.2 Å². The fraction of sp³-hybridized carbons (Fsp3) is 0.250. The summed E-state index contributed by atoms with van der Waals surface area (Å²) < 4.78 is 0. The number of nitrogens with two attached hydrogens (primary N) is 1. The van der Waals surface area contributed by atoms with E-state index in [4.69, 9.17) is 15.9 Å². The summed E-state index contributed by atoms with van der Waals surface area (Å²) in [5, 5.41) is 18.2. The zero-order chi connectivity index (χ0) is 8.43. The molecule has 0 fully saturated rings. The monoisotopic (exact) mass is 153 g/mol. The van der Waals surface area contributed by atoms with Gasteiger partial charge in [-0.15, -0.1) is 0 Å². The first kappa shape index (κ1) is 7.88. The van der Waals surface area contributed by atoms with Crippen molar-refractivity contribution in [2.45, 2.75) is 13.0 Å². The van der Waals surface area contributed by atoms with Gasteiger partial charge in [-0.2, -0.15) is 0 Å². The molecule has 60 valence electrons. The lowest BCUT2D eigenvalue weighted by atomic mass is 10.1. The molecule has 1 atom stereocenters. The summed E-state index contributed by atoms with van der Waals surface area (Å²) in [5.41, 5.74) is 6.51. The summed E-state index contributed by atoms with van der Waals surface area (Å²) >= 11 is 0. The Balaban J connectivity index is 3.08. The van der Waals surface area contributed by atoms with Crippen LogP contribution in [0.25, 0.3) is 0 Å². The lowest BCUT2D eigenvalue weighted by molar-refractivity contribution is 0.199. The maximum Gasteiger partial charge on any atom is 0.118 e. The Bertz CT molecular complexity index is 238. The first-order valence-corrected chi connectivity index (χ1v) is 3.37. The van der Waals surface area contributed by atoms with Gasteiger partial charge in [0.15, 0.2) is 0 Å². The van der Waals surface area contributed by atoms with Crippen LogP contribution in [0.15, 0.2) is 18.2 Å². The predicted molar refractivity (Wildman–Crippen MR) is 43.2 cm³/mol. The number of hydrogen-bond acceptors (Lipinski definition) is 3. The number of phenols is 1. The molecule has 0 spiro atoms. The van der Waals surface area contributed by atoms with Crippen LogP contribution in [0.2, 0.25) is 0 Å². The molecule has 1 aromatic rings. The molecule has 0 aromatic heterocycles. The average molecular weight is 153 g/mol. The van der Waals surface area contributed by atoms with Gasteiger partial charge in [0, 0.05) is 11.8 Å². The van der Waals surface area contributed by atoms with Gasteiger partial charge >= 0.3 is 0 Å². The molecule has 0 aliphatic heterocycles. The summed E-state index contributed by atoms with van der Waals surface area (Å²) in [5.74, 6) is 0.0842. The highest BCUT2D eigenvalue weighted by atomic mass is 16.3. The Morgan fingerprint density at radius 1 is 1.36 bits per heavy atom. The molecular formula is C8H11NO2. The van der Waals surface area contributed by atoms with Crippen molar-refractivity contribution in [3.63, 3.8) is 0 Å². The van der Waals surface area contributed by atoms with Crippen molar-refractivity contribution in [1.29, 1.82) is 0 Å². The molecule has 0 heterocycles. The Hall–Kier alpha value is -1.22. The maximum atomic E-state index is 9.11. The normalized spacial score (nSPS) is 12.9. The number of aliphatic hydroxyl groups is 1. The van der Waals surface area contributed by atoms with Crippen molar-refractivity contribution in [2.75, 3.05) is 5.73 Å². The van der Waals surface area contributed by atoms with Crippen molar-refractivity contribution in [3.8, 4) is 5.75 Å². The fourth-order valence-electron chi connectivity index (χ4n) is 0.900. The van der Waals surface area contributed by atoms with Gasteiger partial charge < -0.3 is 15.9 Å². The topological polar surface area (TPSA) is 66.5 Å². The van der Waals surface area contributed by atoms with E-state index in [2.05, 4.69) is 0 Å². The largest absolute Gasteiger partial charge is 0.508 e. The van der Waals surface area contributed by atoms with Crippen LogP contribution in [-0.4, -0.2) is 10.2 Å². The van der Waals surface area contributed by atoms with Gasteiger partial charge in [-0.05, 0) is 24.6 Å². The van der Waals surface area contributed by atoms with Crippen LogP contribution in [0.3, 0.4) is 0 Å². The van der Waals surface area contributed by atoms with Gasteiger partial charge in [0.25, 0.3) is 0 Å². The summed E-state index contributed by atoms with van der Waals surface area (Å²) in [6.07, 6.45) is -0.593. The number of hydrogen-bond donors (Lipinski definition) is 3. The van der Waals surface area contributed by atoms with E-state index in [0.717, 1.165) is 0 Å². The zero-order valence-electron chi connectivity index (χ0n) is 6.28. The number of nitrogen functional groups attached to an aromatic ring is 1. The standard InChI is InChI=1S/C8H11NO2/c1-5(10)6-2-7(9)4-8(11)3-6/h2-5,10-11H,9H2,1H3. The highest BCUT2D eigenvalue weighted by molar-refractivity contribution is 5.47. The van der Waals surface area contributed by atoms with Crippen LogP contribution in [-0.2, 0) is 0 Å². The lowest BCUT2D eigenvalue weighted by Crippen LogP contribution is -1.93. The molecule has 3 heteroatoms. The van der Waals surface area contributed by atoms with Crippen LogP contribution in [0.4, 0.5) is 5.69 Å². The van der Waals surface area contributed by atoms with Crippen molar-refractivity contribution in [2.24, 2.45) is 0 Å². The number of anilines is 1. The molecule has 1 unspecified atom stereocenters. The van der Waals surface area contributed by atoms with E-state index in [-0.39, 0.29) is 5.75 Å². The molecule has 0 amide bonds. The molecule has 1 rings (SSSR count). The third kappa shape index (κ3) is 1.85. The molecule has 0 saturated heterocycles. The molecule has 1 aromatic carbocycles. The van der Waals surface area contributed by atoms with Gasteiger partial charge in [-0.3, -0.25) is 0 Å². The van der Waals surface area contributed by atoms with Gasteiger partial charge in [-0.25, -0.2) is 0 Å². The van der Waals surface area contributed by atoms with Crippen molar-refractivity contribution in [3.05, 3.63) is 23.8 Å². The van der Waals surface area contributed by atoms with Crippen LogP contribution >= 0.6 is 0 Å². The highest BCUT2D eigenvalue weighted by Crippen LogP contribution is 2.21.